The molecule has 0 aliphatic rings. The van der Waals surface area contributed by atoms with Crippen LogP contribution in [0.5, 0.6) is 0 Å². The molecule has 3 heteroatoms. The van der Waals surface area contributed by atoms with E-state index in [1.807, 2.05) is 38.4 Å². The summed E-state index contributed by atoms with van der Waals surface area (Å²) in [6.07, 6.45) is 1.04. The molecule has 3 nitrogen and oxygen atoms in total. The summed E-state index contributed by atoms with van der Waals surface area (Å²) in [5.74, 6) is 0. The third-order valence-electron chi connectivity index (χ3n) is 4.51. The normalized spacial score (nSPS) is 16.3. The predicted molar refractivity (Wildman–Crippen MR) is 83.8 cm³/mol. The maximum absolute atomic E-state index is 10.6. The van der Waals surface area contributed by atoms with Crippen LogP contribution in [0.2, 0.25) is 0 Å². The van der Waals surface area contributed by atoms with E-state index >= 15 is 0 Å². The van der Waals surface area contributed by atoms with Crippen LogP contribution in [0.4, 0.5) is 0 Å². The summed E-state index contributed by atoms with van der Waals surface area (Å²) in [4.78, 5) is 6.74. The molecule has 20 heavy (non-hydrogen) atoms. The van der Waals surface area contributed by atoms with Crippen LogP contribution in [0.1, 0.15) is 26.0 Å². The van der Waals surface area contributed by atoms with Crippen molar-refractivity contribution in [2.24, 2.45) is 0 Å². The second-order valence-corrected chi connectivity index (χ2v) is 5.82. The number of benzene rings is 1. The van der Waals surface area contributed by atoms with Crippen molar-refractivity contribution in [1.82, 2.24) is 9.88 Å². The number of nitrogens with zero attached hydrogens (tertiary/aromatic N) is 2. The Labute approximate surface area is 121 Å². The molecule has 1 N–H and O–H groups in total. The molecule has 0 aliphatic heterocycles. The van der Waals surface area contributed by atoms with Crippen LogP contribution >= 0.6 is 0 Å². The highest BCUT2D eigenvalue weighted by molar-refractivity contribution is 5.78. The van der Waals surface area contributed by atoms with Gasteiger partial charge < -0.3 is 10.0 Å². The zero-order valence-electron chi connectivity index (χ0n) is 12.8. The van der Waals surface area contributed by atoms with Crippen LogP contribution in [0.15, 0.2) is 36.4 Å². The summed E-state index contributed by atoms with van der Waals surface area (Å²) in [6, 6.07) is 12.2. The Morgan fingerprint density at radius 1 is 1.20 bits per heavy atom. The first-order valence-corrected chi connectivity index (χ1v) is 7.17. The number of aromatic nitrogens is 1. The maximum Gasteiger partial charge on any atom is 0.0776 e. The van der Waals surface area contributed by atoms with Crippen LogP contribution in [0, 0.1) is 0 Å². The standard InChI is InChI=1S/C17H24N2O/c1-5-17(2,19(3)4)16(20)12-14-11-10-13-8-6-7-9-15(13)18-14/h6-11,16,20H,5,12H2,1-4H3. The predicted octanol–water partition coefficient (Wildman–Crippen LogP) is 2.87. The molecule has 0 radical (unpaired) electrons. The Kier molecular flexibility index (Phi) is 4.41. The van der Waals surface area contributed by atoms with E-state index < -0.39 is 6.10 Å². The van der Waals surface area contributed by atoms with E-state index in [0.717, 1.165) is 23.0 Å². The molecule has 0 fully saturated rings. The minimum Gasteiger partial charge on any atom is -0.391 e. The number of hydrogen-bond donors (Lipinski definition) is 1. The first-order valence-electron chi connectivity index (χ1n) is 7.17. The van der Waals surface area contributed by atoms with E-state index in [2.05, 4.69) is 35.9 Å². The molecule has 0 saturated carbocycles. The van der Waals surface area contributed by atoms with Crippen LogP contribution in [-0.4, -0.2) is 40.7 Å². The summed E-state index contributed by atoms with van der Waals surface area (Å²) in [7, 11) is 4.03. The third-order valence-corrected chi connectivity index (χ3v) is 4.51. The van der Waals surface area contributed by atoms with Crippen molar-refractivity contribution in [2.45, 2.75) is 38.3 Å². The maximum atomic E-state index is 10.6. The molecular formula is C17H24N2O. The molecule has 2 aromatic rings. The summed E-state index contributed by atoms with van der Waals surface area (Å²) in [6.45, 7) is 4.20. The highest BCUT2D eigenvalue weighted by Crippen LogP contribution is 2.24. The fraction of sp³-hybridized carbons (Fsp3) is 0.471. The van der Waals surface area contributed by atoms with Gasteiger partial charge in [-0.25, -0.2) is 0 Å². The second-order valence-electron chi connectivity index (χ2n) is 5.82. The molecule has 1 heterocycles. The van der Waals surface area contributed by atoms with E-state index in [1.54, 1.807) is 0 Å². The Bertz CT molecular complexity index is 582. The summed E-state index contributed by atoms with van der Waals surface area (Å²) < 4.78 is 0. The minimum absolute atomic E-state index is 0.229. The van der Waals surface area contributed by atoms with E-state index in [1.165, 1.54) is 0 Å². The number of rotatable bonds is 5. The molecule has 0 saturated heterocycles. The van der Waals surface area contributed by atoms with Crippen LogP contribution < -0.4 is 0 Å². The number of fused-ring (bicyclic) bond motifs is 1. The van der Waals surface area contributed by atoms with E-state index in [4.69, 9.17) is 0 Å². The SMILES string of the molecule is CCC(C)(C(O)Cc1ccc2ccccc2n1)N(C)C. The van der Waals surface area contributed by atoms with E-state index in [0.29, 0.717) is 6.42 Å². The Hall–Kier alpha value is -1.45. The molecule has 1 aromatic carbocycles. The van der Waals surface area contributed by atoms with E-state index in [9.17, 15) is 5.11 Å². The lowest BCUT2D eigenvalue weighted by molar-refractivity contribution is 0.00251. The van der Waals surface area contributed by atoms with Gasteiger partial charge in [-0.05, 0) is 39.6 Å². The number of aliphatic hydroxyl groups excluding tert-OH is 1. The minimum atomic E-state index is -0.434. The first kappa shape index (κ1) is 14.9. The quantitative estimate of drug-likeness (QED) is 0.909. The number of aliphatic hydroxyl groups is 1. The van der Waals surface area contributed by atoms with Crippen LogP contribution in [0.3, 0.4) is 0 Å². The van der Waals surface area contributed by atoms with Gasteiger partial charge in [-0.1, -0.05) is 31.2 Å². The van der Waals surface area contributed by atoms with Crippen molar-refractivity contribution in [2.75, 3.05) is 14.1 Å². The lowest BCUT2D eigenvalue weighted by Crippen LogP contribution is -2.51. The average molecular weight is 272 g/mol. The second kappa shape index (κ2) is 5.90. The van der Waals surface area contributed by atoms with Crippen molar-refractivity contribution in [1.29, 1.82) is 0 Å². The van der Waals surface area contributed by atoms with Crippen molar-refractivity contribution in [3.8, 4) is 0 Å². The summed E-state index contributed by atoms with van der Waals surface area (Å²) >= 11 is 0. The Morgan fingerprint density at radius 3 is 2.55 bits per heavy atom. The van der Waals surface area contributed by atoms with Crippen molar-refractivity contribution in [3.63, 3.8) is 0 Å². The van der Waals surface area contributed by atoms with Gasteiger partial charge in [-0.15, -0.1) is 0 Å². The van der Waals surface area contributed by atoms with Crippen LogP contribution in [0.25, 0.3) is 10.9 Å². The lowest BCUT2D eigenvalue weighted by atomic mass is 9.87. The molecule has 0 aliphatic carbocycles. The topological polar surface area (TPSA) is 36.4 Å². The average Bonchev–Trinajstić information content (AvgIpc) is 2.45. The smallest absolute Gasteiger partial charge is 0.0776 e. The van der Waals surface area contributed by atoms with Gasteiger partial charge in [0.25, 0.3) is 0 Å². The fourth-order valence-electron chi connectivity index (χ4n) is 2.49. The molecule has 2 atom stereocenters. The zero-order chi connectivity index (χ0) is 14.8. The Morgan fingerprint density at radius 2 is 1.90 bits per heavy atom. The molecule has 0 bridgehead atoms. The van der Waals surface area contributed by atoms with Gasteiger partial charge in [0, 0.05) is 23.0 Å². The third kappa shape index (κ3) is 2.84. The summed E-state index contributed by atoms with van der Waals surface area (Å²) in [5, 5.41) is 11.7. The van der Waals surface area contributed by atoms with Crippen LogP contribution in [-0.2, 0) is 6.42 Å². The lowest BCUT2D eigenvalue weighted by Gasteiger charge is -2.39. The van der Waals surface area contributed by atoms with Gasteiger partial charge in [0.05, 0.1) is 11.6 Å². The molecular weight excluding hydrogens is 248 g/mol. The molecule has 1 aromatic heterocycles. The van der Waals surface area contributed by atoms with Gasteiger partial charge in [0.15, 0.2) is 0 Å². The Balaban J connectivity index is 2.23. The highest BCUT2D eigenvalue weighted by Gasteiger charge is 2.33. The molecule has 2 unspecified atom stereocenters. The molecule has 2 rings (SSSR count). The van der Waals surface area contributed by atoms with Gasteiger partial charge in [0.2, 0.25) is 0 Å². The van der Waals surface area contributed by atoms with Crippen molar-refractivity contribution < 1.29 is 5.11 Å². The van der Waals surface area contributed by atoms with Crippen molar-refractivity contribution >= 4 is 10.9 Å². The number of para-hydroxylation sites is 1. The van der Waals surface area contributed by atoms with E-state index in [-0.39, 0.29) is 5.54 Å². The monoisotopic (exact) mass is 272 g/mol. The van der Waals surface area contributed by atoms with Crippen molar-refractivity contribution in [3.05, 3.63) is 42.1 Å². The largest absolute Gasteiger partial charge is 0.391 e. The molecule has 0 amide bonds. The zero-order valence-corrected chi connectivity index (χ0v) is 12.8. The van der Waals surface area contributed by atoms with Gasteiger partial charge in [0.1, 0.15) is 0 Å². The number of likely N-dealkylation sites (N-methyl/N-ethyl adjacent to an activating group) is 1. The first-order chi connectivity index (χ1) is 9.47. The molecule has 108 valence electrons. The fourth-order valence-corrected chi connectivity index (χ4v) is 2.49. The van der Waals surface area contributed by atoms with Gasteiger partial charge in [-0.3, -0.25) is 4.98 Å². The number of hydrogen-bond acceptors (Lipinski definition) is 3. The number of pyridine rings is 1. The van der Waals surface area contributed by atoms with Gasteiger partial charge in [-0.2, -0.15) is 0 Å². The molecule has 0 spiro atoms. The highest BCUT2D eigenvalue weighted by atomic mass is 16.3. The summed E-state index contributed by atoms with van der Waals surface area (Å²) in [5.41, 5.74) is 1.70. The van der Waals surface area contributed by atoms with Gasteiger partial charge >= 0.3 is 0 Å².